The molecule has 1 atom stereocenters. The van der Waals surface area contributed by atoms with Crippen molar-refractivity contribution < 1.29 is 23.8 Å². The van der Waals surface area contributed by atoms with E-state index in [2.05, 4.69) is 0 Å². The van der Waals surface area contributed by atoms with Gasteiger partial charge in [-0.25, -0.2) is 4.79 Å². The summed E-state index contributed by atoms with van der Waals surface area (Å²) in [5.74, 6) is -0.492. The van der Waals surface area contributed by atoms with Gasteiger partial charge in [-0.05, 0) is 30.7 Å². The third-order valence-corrected chi connectivity index (χ3v) is 4.72. The molecule has 2 aromatic rings. The summed E-state index contributed by atoms with van der Waals surface area (Å²) in [6.07, 6.45) is 0.295. The fraction of sp³-hybridized carbons (Fsp3) is 0.292. The molecule has 0 spiro atoms. The number of ether oxygens (including phenoxy) is 3. The van der Waals surface area contributed by atoms with Gasteiger partial charge in [-0.1, -0.05) is 42.5 Å². The minimum Gasteiger partial charge on any atom is -0.494 e. The van der Waals surface area contributed by atoms with Gasteiger partial charge >= 0.3 is 5.97 Å². The Morgan fingerprint density at radius 2 is 1.81 bits per heavy atom. The first-order valence-electron chi connectivity index (χ1n) is 10.1. The summed E-state index contributed by atoms with van der Waals surface area (Å²) in [4.78, 5) is 27.5. The average Bonchev–Trinajstić information content (AvgIpc) is 2.82. The van der Waals surface area contributed by atoms with Crippen LogP contribution in [0.1, 0.15) is 24.2 Å². The van der Waals surface area contributed by atoms with Gasteiger partial charge in [-0.15, -0.1) is 0 Å². The van der Waals surface area contributed by atoms with E-state index in [1.165, 1.54) is 6.08 Å². The number of amides is 1. The van der Waals surface area contributed by atoms with Crippen LogP contribution in [0.15, 0.2) is 60.2 Å². The molecule has 0 aliphatic carbocycles. The van der Waals surface area contributed by atoms with Crippen molar-refractivity contribution in [1.82, 2.24) is 4.90 Å². The first-order valence-corrected chi connectivity index (χ1v) is 10.1. The Morgan fingerprint density at radius 1 is 1.13 bits per heavy atom. The van der Waals surface area contributed by atoms with E-state index < -0.39 is 12.1 Å². The molecule has 0 N–H and O–H groups in total. The maximum Gasteiger partial charge on any atom is 0.350 e. The number of benzene rings is 2. The molecular weight excluding hydrogens is 396 g/mol. The molecule has 31 heavy (non-hydrogen) atoms. The molecule has 1 amide bonds. The van der Waals surface area contributed by atoms with Crippen LogP contribution in [0.5, 0.6) is 5.75 Å². The van der Waals surface area contributed by atoms with Crippen LogP contribution >= 0.6 is 0 Å². The van der Waals surface area contributed by atoms with Crippen molar-refractivity contribution in [3.05, 3.63) is 71.3 Å². The molecule has 0 unspecified atom stereocenters. The molecule has 1 saturated heterocycles. The summed E-state index contributed by atoms with van der Waals surface area (Å²) < 4.78 is 16.2. The number of rotatable bonds is 7. The summed E-state index contributed by atoms with van der Waals surface area (Å²) in [7, 11) is 0. The predicted octanol–water partition coefficient (Wildman–Crippen LogP) is 3.14. The Labute approximate surface area is 181 Å². The third-order valence-electron chi connectivity index (χ3n) is 4.72. The monoisotopic (exact) mass is 420 g/mol. The number of esters is 1. The number of carbonyl (C=O) groups is 2. The molecule has 0 radical (unpaired) electrons. The maximum atomic E-state index is 13.1. The summed E-state index contributed by atoms with van der Waals surface area (Å²) in [6.45, 7) is 4.15. The number of morpholine rings is 1. The van der Waals surface area contributed by atoms with Crippen LogP contribution in [0.25, 0.3) is 6.08 Å². The molecule has 7 nitrogen and oxygen atoms in total. The standard InChI is InChI=1S/C24H24N2O5/c1-2-30-21-10-8-18(9-11-21)16-20(17-25)24(28)31-22(19-6-4-3-5-7-19)23(27)26-12-14-29-15-13-26/h3-11,16,22H,2,12-15H2,1H3/b20-16+/t22-/m0/s1. The molecule has 0 saturated carbocycles. The highest BCUT2D eigenvalue weighted by Crippen LogP contribution is 2.23. The normalized spacial score (nSPS) is 15.0. The zero-order chi connectivity index (χ0) is 22.1. The van der Waals surface area contributed by atoms with Gasteiger partial charge in [0.05, 0.1) is 19.8 Å². The molecule has 7 heteroatoms. The average molecular weight is 420 g/mol. The summed E-state index contributed by atoms with van der Waals surface area (Å²) in [5, 5.41) is 9.51. The number of carbonyl (C=O) groups excluding carboxylic acids is 2. The Balaban J connectivity index is 1.81. The quantitative estimate of drug-likeness (QED) is 0.388. The number of hydrogen-bond acceptors (Lipinski definition) is 6. The number of hydrogen-bond donors (Lipinski definition) is 0. The fourth-order valence-electron chi connectivity index (χ4n) is 3.14. The van der Waals surface area contributed by atoms with E-state index in [-0.39, 0.29) is 11.5 Å². The molecule has 160 valence electrons. The van der Waals surface area contributed by atoms with Crippen LogP contribution in [-0.4, -0.2) is 49.7 Å². The zero-order valence-corrected chi connectivity index (χ0v) is 17.3. The van der Waals surface area contributed by atoms with E-state index >= 15 is 0 Å². The second-order valence-corrected chi connectivity index (χ2v) is 6.81. The fourth-order valence-corrected chi connectivity index (χ4v) is 3.14. The second-order valence-electron chi connectivity index (χ2n) is 6.81. The van der Waals surface area contributed by atoms with E-state index in [4.69, 9.17) is 14.2 Å². The molecular formula is C24H24N2O5. The molecule has 1 heterocycles. The van der Waals surface area contributed by atoms with Gasteiger partial charge in [0.25, 0.3) is 5.91 Å². The molecule has 2 aromatic carbocycles. The van der Waals surface area contributed by atoms with Crippen molar-refractivity contribution in [2.24, 2.45) is 0 Å². The predicted molar refractivity (Wildman–Crippen MR) is 114 cm³/mol. The van der Waals surface area contributed by atoms with Crippen LogP contribution in [0, 0.1) is 11.3 Å². The van der Waals surface area contributed by atoms with Crippen molar-refractivity contribution >= 4 is 18.0 Å². The van der Waals surface area contributed by atoms with Crippen molar-refractivity contribution in [3.63, 3.8) is 0 Å². The van der Waals surface area contributed by atoms with Crippen LogP contribution in [0.3, 0.4) is 0 Å². The van der Waals surface area contributed by atoms with Crippen molar-refractivity contribution in [2.75, 3.05) is 32.9 Å². The lowest BCUT2D eigenvalue weighted by molar-refractivity contribution is -0.159. The summed E-state index contributed by atoms with van der Waals surface area (Å²) in [6, 6.07) is 17.7. The van der Waals surface area contributed by atoms with Gasteiger partial charge in [0.2, 0.25) is 6.10 Å². The lowest BCUT2D eigenvalue weighted by Crippen LogP contribution is -2.44. The highest BCUT2D eigenvalue weighted by atomic mass is 16.5. The van der Waals surface area contributed by atoms with Crippen LogP contribution in [0.2, 0.25) is 0 Å². The van der Waals surface area contributed by atoms with Crippen LogP contribution in [0.4, 0.5) is 0 Å². The Kier molecular flexibility index (Phi) is 7.79. The topological polar surface area (TPSA) is 88.9 Å². The van der Waals surface area contributed by atoms with E-state index in [1.54, 1.807) is 53.4 Å². The minimum absolute atomic E-state index is 0.195. The molecule has 1 fully saturated rings. The minimum atomic E-state index is -1.14. The molecule has 3 rings (SSSR count). The Morgan fingerprint density at radius 3 is 2.42 bits per heavy atom. The summed E-state index contributed by atoms with van der Waals surface area (Å²) in [5.41, 5.74) is 0.998. The SMILES string of the molecule is CCOc1ccc(/C=C(\C#N)C(=O)O[C@H](C(=O)N2CCOCC2)c2ccccc2)cc1. The lowest BCUT2D eigenvalue weighted by atomic mass is 10.1. The second kappa shape index (κ2) is 11.0. The van der Waals surface area contributed by atoms with Crippen LogP contribution < -0.4 is 4.74 Å². The first-order chi connectivity index (χ1) is 15.1. The molecule has 1 aliphatic heterocycles. The first kappa shape index (κ1) is 22.1. The molecule has 0 bridgehead atoms. The molecule has 0 aromatic heterocycles. The van der Waals surface area contributed by atoms with E-state index in [0.29, 0.717) is 49.8 Å². The van der Waals surface area contributed by atoms with E-state index in [9.17, 15) is 14.9 Å². The van der Waals surface area contributed by atoms with E-state index in [1.807, 2.05) is 19.1 Å². The van der Waals surface area contributed by atoms with Gasteiger partial charge in [-0.2, -0.15) is 5.26 Å². The van der Waals surface area contributed by atoms with Crippen LogP contribution in [-0.2, 0) is 19.1 Å². The third kappa shape index (κ3) is 5.93. The van der Waals surface area contributed by atoms with Crippen molar-refractivity contribution in [2.45, 2.75) is 13.0 Å². The van der Waals surface area contributed by atoms with Crippen molar-refractivity contribution in [3.8, 4) is 11.8 Å². The summed E-state index contributed by atoms with van der Waals surface area (Å²) >= 11 is 0. The zero-order valence-electron chi connectivity index (χ0n) is 17.3. The molecule has 1 aliphatic rings. The highest BCUT2D eigenvalue weighted by Gasteiger charge is 2.31. The lowest BCUT2D eigenvalue weighted by Gasteiger charge is -2.30. The van der Waals surface area contributed by atoms with Gasteiger partial charge in [-0.3, -0.25) is 4.79 Å². The van der Waals surface area contributed by atoms with Gasteiger partial charge < -0.3 is 19.1 Å². The number of nitriles is 1. The highest BCUT2D eigenvalue weighted by molar-refractivity contribution is 5.99. The van der Waals surface area contributed by atoms with E-state index in [0.717, 1.165) is 0 Å². The largest absolute Gasteiger partial charge is 0.494 e. The van der Waals surface area contributed by atoms with Crippen molar-refractivity contribution in [1.29, 1.82) is 5.26 Å². The Bertz CT molecular complexity index is 958. The van der Waals surface area contributed by atoms with Gasteiger partial charge in [0.1, 0.15) is 17.4 Å². The smallest absolute Gasteiger partial charge is 0.350 e. The number of nitrogens with zero attached hydrogens (tertiary/aromatic N) is 2. The Hall–Kier alpha value is -3.63. The van der Waals surface area contributed by atoms with Gasteiger partial charge in [0, 0.05) is 18.7 Å². The van der Waals surface area contributed by atoms with Gasteiger partial charge in [0.15, 0.2) is 0 Å². The maximum absolute atomic E-state index is 13.1.